The lowest BCUT2D eigenvalue weighted by atomic mass is 10.2. The molecule has 0 saturated carbocycles. The fourth-order valence-electron chi connectivity index (χ4n) is 4.37. The van der Waals surface area contributed by atoms with Crippen LogP contribution in [0.2, 0.25) is 0 Å². The summed E-state index contributed by atoms with van der Waals surface area (Å²) >= 11 is 0. The van der Waals surface area contributed by atoms with Crippen molar-refractivity contribution in [3.05, 3.63) is 35.9 Å². The number of likely N-dealkylation sites (tertiary alicyclic amines) is 1. The monoisotopic (exact) mass is 443 g/mol. The molecule has 1 N–H and O–H groups in total. The van der Waals surface area contributed by atoms with Crippen LogP contribution in [-0.4, -0.2) is 91.6 Å². The predicted octanol–water partition coefficient (Wildman–Crippen LogP) is 2.58. The van der Waals surface area contributed by atoms with Crippen LogP contribution >= 0.6 is 0 Å². The summed E-state index contributed by atoms with van der Waals surface area (Å²) in [5.74, 6) is 1.29. The number of hydrogen-bond donors (Lipinski definition) is 1. The summed E-state index contributed by atoms with van der Waals surface area (Å²) in [7, 11) is 0. The highest BCUT2D eigenvalue weighted by molar-refractivity contribution is 5.82. The number of guanidine groups is 1. The standard InChI is InChI=1S/C25H41N5O2/c1-3-26-25(27-13-7-10-20-32-21-23-11-5-4-6-12-23)30-18-16-28(17-19-30)22(2)24(31)29-14-8-9-15-29/h4-6,11-12,22H,3,7-10,13-21H2,1-2H3,(H,26,27). The minimum absolute atomic E-state index is 0.0225. The number of carbonyl (C=O) groups excluding carboxylic acids is 1. The normalized spacial score (nSPS) is 18.8. The predicted molar refractivity (Wildman–Crippen MR) is 130 cm³/mol. The van der Waals surface area contributed by atoms with Gasteiger partial charge in [-0.2, -0.15) is 0 Å². The highest BCUT2D eigenvalue weighted by atomic mass is 16.5. The van der Waals surface area contributed by atoms with Crippen LogP contribution in [0.3, 0.4) is 0 Å². The summed E-state index contributed by atoms with van der Waals surface area (Å²) in [6.07, 6.45) is 4.33. The molecule has 7 nitrogen and oxygen atoms in total. The van der Waals surface area contributed by atoms with Crippen LogP contribution in [0.25, 0.3) is 0 Å². The van der Waals surface area contributed by atoms with Gasteiger partial charge in [0, 0.05) is 59.0 Å². The van der Waals surface area contributed by atoms with Gasteiger partial charge in [-0.3, -0.25) is 14.7 Å². The lowest BCUT2D eigenvalue weighted by Gasteiger charge is -2.39. The van der Waals surface area contributed by atoms with Gasteiger partial charge in [-0.15, -0.1) is 0 Å². The molecule has 0 aromatic heterocycles. The maximum Gasteiger partial charge on any atom is 0.239 e. The first kappa shape index (κ1) is 24.5. The average molecular weight is 444 g/mol. The Labute approximate surface area is 193 Å². The van der Waals surface area contributed by atoms with Crippen molar-refractivity contribution in [2.45, 2.75) is 52.2 Å². The Balaban J connectivity index is 1.35. The highest BCUT2D eigenvalue weighted by Crippen LogP contribution is 2.14. The zero-order valence-corrected chi connectivity index (χ0v) is 20.0. The molecule has 0 aliphatic carbocycles. The van der Waals surface area contributed by atoms with E-state index in [0.717, 1.165) is 90.6 Å². The lowest BCUT2D eigenvalue weighted by Crippen LogP contribution is -2.57. The molecule has 1 aromatic carbocycles. The van der Waals surface area contributed by atoms with E-state index in [0.29, 0.717) is 12.5 Å². The zero-order chi connectivity index (χ0) is 22.6. The fraction of sp³-hybridized carbons (Fsp3) is 0.680. The van der Waals surface area contributed by atoms with Crippen molar-refractivity contribution in [3.63, 3.8) is 0 Å². The van der Waals surface area contributed by atoms with E-state index in [1.807, 2.05) is 23.1 Å². The number of hydrogen-bond acceptors (Lipinski definition) is 4. The van der Waals surface area contributed by atoms with Crippen LogP contribution in [-0.2, 0) is 16.1 Å². The van der Waals surface area contributed by atoms with Crippen molar-refractivity contribution in [1.82, 2.24) is 20.0 Å². The molecule has 2 saturated heterocycles. The largest absolute Gasteiger partial charge is 0.377 e. The molecule has 0 bridgehead atoms. The summed E-state index contributed by atoms with van der Waals surface area (Å²) in [5.41, 5.74) is 1.22. The number of rotatable bonds is 10. The van der Waals surface area contributed by atoms with Crippen molar-refractivity contribution < 1.29 is 9.53 Å². The van der Waals surface area contributed by atoms with E-state index in [4.69, 9.17) is 9.73 Å². The number of piperazine rings is 1. The van der Waals surface area contributed by atoms with Gasteiger partial charge in [0.2, 0.25) is 5.91 Å². The van der Waals surface area contributed by atoms with Crippen LogP contribution in [0.4, 0.5) is 0 Å². The molecule has 0 spiro atoms. The van der Waals surface area contributed by atoms with Crippen LogP contribution in [0.15, 0.2) is 35.3 Å². The summed E-state index contributed by atoms with van der Waals surface area (Å²) in [6, 6.07) is 10.3. The summed E-state index contributed by atoms with van der Waals surface area (Å²) in [5, 5.41) is 3.44. The van der Waals surface area contributed by atoms with Crippen molar-refractivity contribution in [2.75, 3.05) is 59.0 Å². The molecule has 32 heavy (non-hydrogen) atoms. The smallest absolute Gasteiger partial charge is 0.239 e. The number of nitrogens with zero attached hydrogens (tertiary/aromatic N) is 4. The Morgan fingerprint density at radius 1 is 1.03 bits per heavy atom. The Bertz CT molecular complexity index is 698. The first-order valence-electron chi connectivity index (χ1n) is 12.4. The van der Waals surface area contributed by atoms with Gasteiger partial charge in [0.05, 0.1) is 12.6 Å². The fourth-order valence-corrected chi connectivity index (χ4v) is 4.37. The van der Waals surface area contributed by atoms with E-state index < -0.39 is 0 Å². The van der Waals surface area contributed by atoms with E-state index in [1.165, 1.54) is 5.56 Å². The molecule has 7 heteroatoms. The molecular formula is C25H41N5O2. The highest BCUT2D eigenvalue weighted by Gasteiger charge is 2.30. The number of aliphatic imine (C=N–C) groups is 1. The van der Waals surface area contributed by atoms with Gasteiger partial charge in [-0.1, -0.05) is 30.3 Å². The molecular weight excluding hydrogens is 402 g/mol. The van der Waals surface area contributed by atoms with Gasteiger partial charge >= 0.3 is 0 Å². The van der Waals surface area contributed by atoms with Gasteiger partial charge in [-0.25, -0.2) is 0 Å². The van der Waals surface area contributed by atoms with Crippen LogP contribution in [0, 0.1) is 0 Å². The first-order chi connectivity index (χ1) is 15.7. The van der Waals surface area contributed by atoms with Crippen molar-refractivity contribution in [3.8, 4) is 0 Å². The van der Waals surface area contributed by atoms with Gasteiger partial charge < -0.3 is 19.9 Å². The summed E-state index contributed by atoms with van der Waals surface area (Å²) < 4.78 is 5.77. The van der Waals surface area contributed by atoms with Crippen molar-refractivity contribution >= 4 is 11.9 Å². The average Bonchev–Trinajstić information content (AvgIpc) is 3.38. The Morgan fingerprint density at radius 3 is 2.44 bits per heavy atom. The molecule has 2 aliphatic heterocycles. The second-order valence-electron chi connectivity index (χ2n) is 8.71. The minimum Gasteiger partial charge on any atom is -0.377 e. The molecule has 2 aliphatic rings. The number of benzene rings is 1. The SMILES string of the molecule is CCNC(=NCCCCOCc1ccccc1)N1CCN(C(C)C(=O)N2CCCC2)CC1. The van der Waals surface area contributed by atoms with Gasteiger partial charge in [0.15, 0.2) is 5.96 Å². The van der Waals surface area contributed by atoms with Crippen molar-refractivity contribution in [1.29, 1.82) is 0 Å². The number of ether oxygens (including phenoxy) is 1. The number of nitrogens with one attached hydrogen (secondary N) is 1. The molecule has 1 atom stereocenters. The van der Waals surface area contributed by atoms with Crippen LogP contribution in [0.1, 0.15) is 45.1 Å². The Morgan fingerprint density at radius 2 is 1.75 bits per heavy atom. The minimum atomic E-state index is -0.0225. The van der Waals surface area contributed by atoms with Crippen LogP contribution in [0.5, 0.6) is 0 Å². The van der Waals surface area contributed by atoms with E-state index in [2.05, 4.69) is 41.1 Å². The molecule has 1 aromatic rings. The second-order valence-corrected chi connectivity index (χ2v) is 8.71. The molecule has 0 radical (unpaired) electrons. The number of amides is 1. The third-order valence-corrected chi connectivity index (χ3v) is 6.34. The van der Waals surface area contributed by atoms with E-state index in [-0.39, 0.29) is 6.04 Å². The first-order valence-corrected chi connectivity index (χ1v) is 12.4. The van der Waals surface area contributed by atoms with E-state index in [9.17, 15) is 4.79 Å². The maximum atomic E-state index is 12.7. The van der Waals surface area contributed by atoms with Crippen LogP contribution < -0.4 is 5.32 Å². The molecule has 1 amide bonds. The Kier molecular flexibility index (Phi) is 10.3. The number of unbranched alkanes of at least 4 members (excludes halogenated alkanes) is 1. The molecule has 2 fully saturated rings. The third kappa shape index (κ3) is 7.48. The van der Waals surface area contributed by atoms with Crippen molar-refractivity contribution in [2.24, 2.45) is 4.99 Å². The van der Waals surface area contributed by atoms with Gasteiger partial charge in [0.25, 0.3) is 0 Å². The second kappa shape index (κ2) is 13.4. The quantitative estimate of drug-likeness (QED) is 0.342. The maximum absolute atomic E-state index is 12.7. The Hall–Kier alpha value is -2.12. The topological polar surface area (TPSA) is 60.4 Å². The zero-order valence-electron chi connectivity index (χ0n) is 20.0. The summed E-state index contributed by atoms with van der Waals surface area (Å²) in [6.45, 7) is 12.8. The molecule has 1 unspecified atom stereocenters. The van der Waals surface area contributed by atoms with Gasteiger partial charge in [0.1, 0.15) is 0 Å². The molecule has 2 heterocycles. The number of carbonyl (C=O) groups is 1. The third-order valence-electron chi connectivity index (χ3n) is 6.34. The molecule has 3 rings (SSSR count). The van der Waals surface area contributed by atoms with E-state index in [1.54, 1.807) is 0 Å². The molecule has 178 valence electrons. The summed E-state index contributed by atoms with van der Waals surface area (Å²) in [4.78, 5) is 24.3. The lowest BCUT2D eigenvalue weighted by molar-refractivity contribution is -0.135. The van der Waals surface area contributed by atoms with Gasteiger partial charge in [-0.05, 0) is 45.1 Å². The van der Waals surface area contributed by atoms with E-state index >= 15 is 0 Å².